The van der Waals surface area contributed by atoms with E-state index in [2.05, 4.69) is 21.9 Å². The number of pyridine rings is 1. The van der Waals surface area contributed by atoms with Crippen LogP contribution in [0.2, 0.25) is 0 Å². The zero-order valence-corrected chi connectivity index (χ0v) is 9.54. The number of nitrogens with zero attached hydrogens (tertiary/aromatic N) is 1. The summed E-state index contributed by atoms with van der Waals surface area (Å²) < 4.78 is 5.52. The van der Waals surface area contributed by atoms with Crippen molar-refractivity contribution in [1.82, 2.24) is 4.98 Å². The predicted molar refractivity (Wildman–Crippen MR) is 65.6 cm³/mol. The van der Waals surface area contributed by atoms with E-state index in [1.807, 2.05) is 18.2 Å². The van der Waals surface area contributed by atoms with Gasteiger partial charge < -0.3 is 10.2 Å². The van der Waals surface area contributed by atoms with Crippen LogP contribution in [-0.4, -0.2) is 11.6 Å². The Hall–Kier alpha value is -1.59. The largest absolute Gasteiger partial charge is 0.477 e. The Bertz CT molecular complexity index is 431. The molecule has 0 aromatic carbocycles. The number of hydrazine groups is 1. The quantitative estimate of drug-likeness (QED) is 0.615. The van der Waals surface area contributed by atoms with E-state index in [0.717, 1.165) is 6.42 Å². The Kier molecular flexibility index (Phi) is 3.74. The van der Waals surface area contributed by atoms with Gasteiger partial charge >= 0.3 is 0 Å². The fourth-order valence-electron chi connectivity index (χ4n) is 1.29. The van der Waals surface area contributed by atoms with Gasteiger partial charge in [0, 0.05) is 17.4 Å². The van der Waals surface area contributed by atoms with Crippen LogP contribution in [0.4, 0.5) is 5.82 Å². The lowest BCUT2D eigenvalue weighted by atomic mass is 10.4. The maximum absolute atomic E-state index is 5.52. The van der Waals surface area contributed by atoms with Gasteiger partial charge in [0.25, 0.3) is 0 Å². The van der Waals surface area contributed by atoms with E-state index in [-0.39, 0.29) is 0 Å². The van der Waals surface area contributed by atoms with Gasteiger partial charge in [-0.3, -0.25) is 0 Å². The van der Waals surface area contributed by atoms with Gasteiger partial charge in [0.15, 0.2) is 0 Å². The first-order valence-electron chi connectivity index (χ1n) is 4.97. The molecule has 0 aliphatic heterocycles. The molecule has 16 heavy (non-hydrogen) atoms. The number of rotatable bonds is 5. The second kappa shape index (κ2) is 5.48. The van der Waals surface area contributed by atoms with Gasteiger partial charge in [0.05, 0.1) is 6.61 Å². The summed E-state index contributed by atoms with van der Waals surface area (Å²) in [6.45, 7) is 0.627. The van der Waals surface area contributed by atoms with Gasteiger partial charge in [-0.1, -0.05) is 12.1 Å². The number of nitrogens with one attached hydrogen (secondary N) is 1. The van der Waals surface area contributed by atoms with E-state index in [9.17, 15) is 0 Å². The summed E-state index contributed by atoms with van der Waals surface area (Å²) in [7, 11) is 0. The van der Waals surface area contributed by atoms with Crippen LogP contribution >= 0.6 is 11.3 Å². The highest BCUT2D eigenvalue weighted by atomic mass is 32.1. The van der Waals surface area contributed by atoms with Gasteiger partial charge in [-0.2, -0.15) is 4.98 Å². The van der Waals surface area contributed by atoms with Crippen LogP contribution in [0.1, 0.15) is 4.88 Å². The average molecular weight is 235 g/mol. The molecule has 2 aromatic heterocycles. The first-order chi connectivity index (χ1) is 7.88. The van der Waals surface area contributed by atoms with E-state index >= 15 is 0 Å². The van der Waals surface area contributed by atoms with Crippen molar-refractivity contribution in [2.24, 2.45) is 5.84 Å². The Balaban J connectivity index is 1.85. The molecular formula is C11H13N3OS. The van der Waals surface area contributed by atoms with Crippen LogP contribution in [0.15, 0.2) is 35.7 Å². The van der Waals surface area contributed by atoms with Gasteiger partial charge in [0.1, 0.15) is 5.82 Å². The molecule has 0 atom stereocenters. The lowest BCUT2D eigenvalue weighted by Crippen LogP contribution is -2.09. The Morgan fingerprint density at radius 1 is 1.31 bits per heavy atom. The van der Waals surface area contributed by atoms with Crippen molar-refractivity contribution in [1.29, 1.82) is 0 Å². The van der Waals surface area contributed by atoms with E-state index in [0.29, 0.717) is 18.3 Å². The highest BCUT2D eigenvalue weighted by molar-refractivity contribution is 7.09. The minimum atomic E-state index is 0.590. The highest BCUT2D eigenvalue weighted by Crippen LogP contribution is 2.12. The summed E-state index contributed by atoms with van der Waals surface area (Å²) in [5.74, 6) is 6.45. The Morgan fingerprint density at radius 3 is 3.00 bits per heavy atom. The lowest BCUT2D eigenvalue weighted by Gasteiger charge is -2.05. The predicted octanol–water partition coefficient (Wildman–Crippen LogP) is 2.05. The summed E-state index contributed by atoms with van der Waals surface area (Å²) >= 11 is 1.73. The van der Waals surface area contributed by atoms with E-state index in [1.54, 1.807) is 17.4 Å². The molecule has 2 heterocycles. The number of anilines is 1. The van der Waals surface area contributed by atoms with Crippen molar-refractivity contribution in [2.45, 2.75) is 6.42 Å². The van der Waals surface area contributed by atoms with Gasteiger partial charge in [-0.15, -0.1) is 11.3 Å². The molecular weight excluding hydrogens is 222 g/mol. The number of hydrogen-bond acceptors (Lipinski definition) is 5. The summed E-state index contributed by atoms with van der Waals surface area (Å²) in [5, 5.41) is 2.06. The Labute approximate surface area is 98.1 Å². The van der Waals surface area contributed by atoms with Crippen molar-refractivity contribution in [3.05, 3.63) is 40.6 Å². The average Bonchev–Trinajstić information content (AvgIpc) is 2.82. The minimum absolute atomic E-state index is 0.590. The number of hydrogen-bond donors (Lipinski definition) is 2. The maximum atomic E-state index is 5.52. The van der Waals surface area contributed by atoms with Crippen LogP contribution in [0, 0.1) is 0 Å². The maximum Gasteiger partial charge on any atom is 0.215 e. The van der Waals surface area contributed by atoms with Gasteiger partial charge in [-0.25, -0.2) is 5.84 Å². The molecule has 0 bridgehead atoms. The lowest BCUT2D eigenvalue weighted by molar-refractivity contribution is 0.311. The highest BCUT2D eigenvalue weighted by Gasteiger charge is 1.98. The molecule has 0 saturated heterocycles. The Morgan fingerprint density at radius 2 is 2.25 bits per heavy atom. The van der Waals surface area contributed by atoms with Crippen LogP contribution in [0.25, 0.3) is 0 Å². The fraction of sp³-hybridized carbons (Fsp3) is 0.182. The van der Waals surface area contributed by atoms with Crippen molar-refractivity contribution >= 4 is 17.2 Å². The molecule has 84 valence electrons. The molecule has 0 saturated carbocycles. The molecule has 0 aliphatic rings. The first-order valence-corrected chi connectivity index (χ1v) is 5.85. The molecule has 4 nitrogen and oxygen atoms in total. The standard InChI is InChI=1S/C11H13N3OS/c12-14-10-4-1-5-11(13-10)15-7-6-9-3-2-8-16-9/h1-5,8H,6-7,12H2,(H,13,14). The molecule has 0 spiro atoms. The van der Waals surface area contributed by atoms with E-state index < -0.39 is 0 Å². The molecule has 0 fully saturated rings. The van der Waals surface area contributed by atoms with Crippen molar-refractivity contribution in [3.8, 4) is 5.88 Å². The summed E-state index contributed by atoms with van der Waals surface area (Å²) in [6.07, 6.45) is 0.902. The van der Waals surface area contributed by atoms with Gasteiger partial charge in [0.2, 0.25) is 5.88 Å². The third kappa shape index (κ3) is 2.95. The number of nitrogen functional groups attached to an aromatic ring is 1. The molecule has 2 rings (SSSR count). The molecule has 0 radical (unpaired) electrons. The van der Waals surface area contributed by atoms with Crippen LogP contribution in [0.3, 0.4) is 0 Å². The fourth-order valence-corrected chi connectivity index (χ4v) is 1.98. The summed E-state index contributed by atoms with van der Waals surface area (Å²) in [6, 6.07) is 9.58. The van der Waals surface area contributed by atoms with Crippen LogP contribution < -0.4 is 16.0 Å². The number of thiophene rings is 1. The van der Waals surface area contributed by atoms with Crippen molar-refractivity contribution in [2.75, 3.05) is 12.0 Å². The molecule has 0 unspecified atom stereocenters. The minimum Gasteiger partial charge on any atom is -0.477 e. The molecule has 5 heteroatoms. The third-order valence-corrected chi connectivity index (χ3v) is 2.99. The summed E-state index contributed by atoms with van der Waals surface area (Å²) in [5.41, 5.74) is 2.48. The number of aromatic nitrogens is 1. The van der Waals surface area contributed by atoms with E-state index in [4.69, 9.17) is 10.6 Å². The second-order valence-electron chi connectivity index (χ2n) is 3.18. The zero-order chi connectivity index (χ0) is 11.2. The SMILES string of the molecule is NNc1cccc(OCCc2cccs2)n1. The molecule has 0 aliphatic carbocycles. The van der Waals surface area contributed by atoms with Crippen molar-refractivity contribution in [3.63, 3.8) is 0 Å². The molecule has 3 N–H and O–H groups in total. The van der Waals surface area contributed by atoms with Crippen molar-refractivity contribution < 1.29 is 4.74 Å². The third-order valence-electron chi connectivity index (χ3n) is 2.05. The molecule has 2 aromatic rings. The summed E-state index contributed by atoms with van der Waals surface area (Å²) in [4.78, 5) is 5.47. The monoisotopic (exact) mass is 235 g/mol. The molecule has 0 amide bonds. The topological polar surface area (TPSA) is 60.2 Å². The van der Waals surface area contributed by atoms with Crippen LogP contribution in [0.5, 0.6) is 5.88 Å². The number of ether oxygens (including phenoxy) is 1. The van der Waals surface area contributed by atoms with Gasteiger partial charge in [-0.05, 0) is 17.5 Å². The normalized spacial score (nSPS) is 10.1. The zero-order valence-electron chi connectivity index (χ0n) is 8.72. The first kappa shape index (κ1) is 10.9. The second-order valence-corrected chi connectivity index (χ2v) is 4.22. The smallest absolute Gasteiger partial charge is 0.215 e. The van der Waals surface area contributed by atoms with E-state index in [1.165, 1.54) is 4.88 Å². The number of nitrogens with two attached hydrogens (primary N) is 1. The van der Waals surface area contributed by atoms with Crippen LogP contribution in [-0.2, 0) is 6.42 Å².